The summed E-state index contributed by atoms with van der Waals surface area (Å²) in [7, 11) is 0. The van der Waals surface area contributed by atoms with Gasteiger partial charge in [-0.15, -0.1) is 0 Å². The van der Waals surface area contributed by atoms with Gasteiger partial charge in [0.2, 0.25) is 5.91 Å². The van der Waals surface area contributed by atoms with Crippen LogP contribution in [0.5, 0.6) is 0 Å². The standard InChI is InChI=1S/C28H38N4O4/c1-27(2,3)36-26(34)30-15-12-25(33)32-19-17-31(18-20-32)16-7-21-35-28(22-29)13-10-24(11-14-28)23-8-5-4-6-9-23/h4-6,8-11,13H,7,12,14-21H2,1-3H3,(H,30,34). The van der Waals surface area contributed by atoms with Crippen molar-refractivity contribution >= 4 is 17.6 Å². The largest absolute Gasteiger partial charge is 0.444 e. The van der Waals surface area contributed by atoms with E-state index < -0.39 is 17.3 Å². The predicted octanol–water partition coefficient (Wildman–Crippen LogP) is 3.76. The highest BCUT2D eigenvalue weighted by molar-refractivity contribution is 5.77. The molecule has 1 N–H and O–H groups in total. The third kappa shape index (κ3) is 8.51. The molecule has 1 aromatic carbocycles. The van der Waals surface area contributed by atoms with E-state index in [0.29, 0.717) is 26.1 Å². The van der Waals surface area contributed by atoms with Crippen molar-refractivity contribution in [2.45, 2.75) is 51.2 Å². The molecule has 0 spiro atoms. The summed E-state index contributed by atoms with van der Waals surface area (Å²) in [6.45, 7) is 9.98. The highest BCUT2D eigenvalue weighted by Gasteiger charge is 2.29. The minimum atomic E-state index is -0.906. The SMILES string of the molecule is CC(C)(C)OC(=O)NCCC(=O)N1CCN(CCCOC2(C#N)C=CC(c3ccccc3)=CC2)CC1. The lowest BCUT2D eigenvalue weighted by Crippen LogP contribution is -2.49. The lowest BCUT2D eigenvalue weighted by molar-refractivity contribution is -0.132. The van der Waals surface area contributed by atoms with Crippen LogP contribution in [0.25, 0.3) is 5.57 Å². The molecule has 0 aromatic heterocycles. The second-order valence-corrected chi connectivity index (χ2v) is 10.2. The van der Waals surface area contributed by atoms with Crippen molar-refractivity contribution in [2.24, 2.45) is 0 Å². The molecule has 1 saturated heterocycles. The van der Waals surface area contributed by atoms with E-state index in [1.165, 1.54) is 0 Å². The van der Waals surface area contributed by atoms with Crippen LogP contribution in [0, 0.1) is 11.3 Å². The van der Waals surface area contributed by atoms with Gasteiger partial charge in [0.05, 0.1) is 6.61 Å². The van der Waals surface area contributed by atoms with Gasteiger partial charge in [-0.1, -0.05) is 42.5 Å². The molecule has 1 aliphatic heterocycles. The Kier molecular flexibility index (Phi) is 9.68. The van der Waals surface area contributed by atoms with Crippen LogP contribution in [0.4, 0.5) is 4.79 Å². The average molecular weight is 495 g/mol. The topological polar surface area (TPSA) is 94.9 Å². The number of benzene rings is 1. The van der Waals surface area contributed by atoms with Crippen LogP contribution in [-0.4, -0.2) is 78.9 Å². The molecule has 0 radical (unpaired) electrons. The van der Waals surface area contributed by atoms with Crippen molar-refractivity contribution in [3.8, 4) is 6.07 Å². The Balaban J connectivity index is 1.31. The van der Waals surface area contributed by atoms with Crippen molar-refractivity contribution in [1.29, 1.82) is 5.26 Å². The lowest BCUT2D eigenvalue weighted by atomic mass is 9.90. The summed E-state index contributed by atoms with van der Waals surface area (Å²) in [6.07, 6.45) is 7.03. The van der Waals surface area contributed by atoms with E-state index in [4.69, 9.17) is 9.47 Å². The molecule has 36 heavy (non-hydrogen) atoms. The number of alkyl carbamates (subject to hydrolysis) is 1. The molecule has 2 amide bonds. The predicted molar refractivity (Wildman–Crippen MR) is 139 cm³/mol. The van der Waals surface area contributed by atoms with E-state index in [9.17, 15) is 14.9 Å². The number of piperazine rings is 1. The smallest absolute Gasteiger partial charge is 0.407 e. The minimum Gasteiger partial charge on any atom is -0.444 e. The first-order chi connectivity index (χ1) is 17.2. The van der Waals surface area contributed by atoms with E-state index in [-0.39, 0.29) is 18.9 Å². The van der Waals surface area contributed by atoms with E-state index in [1.807, 2.05) is 35.3 Å². The van der Waals surface area contributed by atoms with Crippen LogP contribution in [0.3, 0.4) is 0 Å². The summed E-state index contributed by atoms with van der Waals surface area (Å²) < 4.78 is 11.2. The Morgan fingerprint density at radius 1 is 1.14 bits per heavy atom. The van der Waals surface area contributed by atoms with Crippen LogP contribution in [-0.2, 0) is 14.3 Å². The van der Waals surface area contributed by atoms with E-state index in [1.54, 1.807) is 20.8 Å². The molecule has 1 unspecified atom stereocenters. The van der Waals surface area contributed by atoms with Gasteiger partial charge in [-0.2, -0.15) is 5.26 Å². The highest BCUT2D eigenvalue weighted by Crippen LogP contribution is 2.29. The Bertz CT molecular complexity index is 985. The van der Waals surface area contributed by atoms with E-state index in [0.717, 1.165) is 37.2 Å². The molecular formula is C28H38N4O4. The minimum absolute atomic E-state index is 0.0389. The summed E-state index contributed by atoms with van der Waals surface area (Å²) >= 11 is 0. The van der Waals surface area contributed by atoms with Gasteiger partial charge < -0.3 is 19.7 Å². The molecule has 1 aliphatic carbocycles. The van der Waals surface area contributed by atoms with Crippen LogP contribution < -0.4 is 5.32 Å². The number of amides is 2. The number of rotatable bonds is 9. The van der Waals surface area contributed by atoms with Gasteiger partial charge in [-0.25, -0.2) is 4.79 Å². The van der Waals surface area contributed by atoms with Crippen molar-refractivity contribution < 1.29 is 19.1 Å². The maximum atomic E-state index is 12.4. The van der Waals surface area contributed by atoms with Gasteiger partial charge in [-0.05, 0) is 44.4 Å². The maximum Gasteiger partial charge on any atom is 0.407 e. The number of allylic oxidation sites excluding steroid dienone is 2. The molecule has 0 bridgehead atoms. The molecule has 1 atom stereocenters. The van der Waals surface area contributed by atoms with E-state index >= 15 is 0 Å². The molecule has 1 aromatic rings. The fourth-order valence-corrected chi connectivity index (χ4v) is 4.20. The fraction of sp³-hybridized carbons (Fsp3) is 0.536. The quantitative estimate of drug-likeness (QED) is 0.526. The van der Waals surface area contributed by atoms with Crippen LogP contribution in [0.2, 0.25) is 0 Å². The Morgan fingerprint density at radius 3 is 2.47 bits per heavy atom. The first-order valence-corrected chi connectivity index (χ1v) is 12.7. The molecule has 0 saturated carbocycles. The number of nitrogens with zero attached hydrogens (tertiary/aromatic N) is 3. The highest BCUT2D eigenvalue weighted by atomic mass is 16.6. The first kappa shape index (κ1) is 27.4. The van der Waals surface area contributed by atoms with Gasteiger partial charge >= 0.3 is 6.09 Å². The Labute approximate surface area is 214 Å². The summed E-state index contributed by atoms with van der Waals surface area (Å²) in [5.41, 5.74) is 0.785. The molecule has 1 fully saturated rings. The van der Waals surface area contributed by atoms with Crippen molar-refractivity contribution in [2.75, 3.05) is 45.9 Å². The Morgan fingerprint density at radius 2 is 1.86 bits per heavy atom. The summed E-state index contributed by atoms with van der Waals surface area (Å²) in [6, 6.07) is 12.5. The van der Waals surface area contributed by atoms with Crippen molar-refractivity contribution in [3.63, 3.8) is 0 Å². The summed E-state index contributed by atoms with van der Waals surface area (Å²) in [5.74, 6) is 0.0389. The normalized spacial score (nSPS) is 20.4. The number of carbonyl (C=O) groups is 2. The zero-order valence-electron chi connectivity index (χ0n) is 21.7. The zero-order chi connectivity index (χ0) is 26.0. The first-order valence-electron chi connectivity index (χ1n) is 12.7. The summed E-state index contributed by atoms with van der Waals surface area (Å²) in [5, 5.41) is 12.4. The molecule has 8 heteroatoms. The molecule has 194 valence electrons. The average Bonchev–Trinajstić information content (AvgIpc) is 2.87. The van der Waals surface area contributed by atoms with Gasteiger partial charge in [0.1, 0.15) is 11.7 Å². The molecule has 1 heterocycles. The van der Waals surface area contributed by atoms with Crippen LogP contribution >= 0.6 is 0 Å². The molecule has 2 aliphatic rings. The third-order valence-corrected chi connectivity index (χ3v) is 6.16. The Hall–Kier alpha value is -3.15. The van der Waals surface area contributed by atoms with Gasteiger partial charge in [0.25, 0.3) is 0 Å². The molecule has 8 nitrogen and oxygen atoms in total. The van der Waals surface area contributed by atoms with E-state index in [2.05, 4.69) is 34.5 Å². The van der Waals surface area contributed by atoms with Gasteiger partial charge in [0, 0.05) is 52.1 Å². The number of hydrogen-bond donors (Lipinski definition) is 1. The number of carbonyl (C=O) groups excluding carboxylic acids is 2. The zero-order valence-corrected chi connectivity index (χ0v) is 21.7. The number of nitrogens with one attached hydrogen (secondary N) is 1. The third-order valence-electron chi connectivity index (χ3n) is 6.16. The molecular weight excluding hydrogens is 456 g/mol. The maximum absolute atomic E-state index is 12.4. The number of nitriles is 1. The van der Waals surface area contributed by atoms with Crippen molar-refractivity contribution in [3.05, 3.63) is 54.1 Å². The number of ether oxygens (including phenoxy) is 2. The van der Waals surface area contributed by atoms with Gasteiger partial charge in [0.15, 0.2) is 5.60 Å². The fourth-order valence-electron chi connectivity index (χ4n) is 4.20. The summed E-state index contributed by atoms with van der Waals surface area (Å²) in [4.78, 5) is 28.3. The second kappa shape index (κ2) is 12.7. The molecule has 3 rings (SSSR count). The van der Waals surface area contributed by atoms with Gasteiger partial charge in [-0.3, -0.25) is 9.69 Å². The van der Waals surface area contributed by atoms with Crippen molar-refractivity contribution in [1.82, 2.24) is 15.1 Å². The van der Waals surface area contributed by atoms with Crippen LogP contribution in [0.1, 0.15) is 45.6 Å². The second-order valence-electron chi connectivity index (χ2n) is 10.2. The van der Waals surface area contributed by atoms with Crippen LogP contribution in [0.15, 0.2) is 48.6 Å². The lowest BCUT2D eigenvalue weighted by Gasteiger charge is -2.35. The monoisotopic (exact) mass is 494 g/mol. The number of hydrogen-bond acceptors (Lipinski definition) is 6.